The summed E-state index contributed by atoms with van der Waals surface area (Å²) in [6.45, 7) is -0.240. The van der Waals surface area contributed by atoms with Gasteiger partial charge in [-0.25, -0.2) is 4.39 Å². The number of carboxylic acid groups (broad SMARTS) is 3. The molecular formula is C28H35FN4O9S2. The molecule has 44 heavy (non-hydrogen) atoms. The Morgan fingerprint density at radius 1 is 1.05 bits per heavy atom. The van der Waals surface area contributed by atoms with Crippen molar-refractivity contribution in [1.29, 1.82) is 0 Å². The van der Waals surface area contributed by atoms with Crippen molar-refractivity contribution in [2.75, 3.05) is 18.8 Å². The summed E-state index contributed by atoms with van der Waals surface area (Å²) < 4.78 is 14.5. The fraction of sp³-hybridized carbons (Fsp3) is 0.500. The minimum atomic E-state index is -1.30. The highest BCUT2D eigenvalue weighted by Crippen LogP contribution is 2.43. The maximum atomic E-state index is 14.5. The summed E-state index contributed by atoms with van der Waals surface area (Å²) in [5.74, 6) is -6.03. The Labute approximate surface area is 260 Å². The number of allylic oxidation sites excluding steroid dienone is 1. The number of carbonyl (C=O) groups is 6. The summed E-state index contributed by atoms with van der Waals surface area (Å²) in [6.07, 6.45) is 0.917. The molecular weight excluding hydrogens is 619 g/mol. The van der Waals surface area contributed by atoms with Gasteiger partial charge in [0.1, 0.15) is 24.4 Å². The van der Waals surface area contributed by atoms with Gasteiger partial charge >= 0.3 is 17.9 Å². The van der Waals surface area contributed by atoms with E-state index >= 15 is 0 Å². The van der Waals surface area contributed by atoms with Crippen LogP contribution >= 0.6 is 21.6 Å². The molecule has 1 saturated carbocycles. The van der Waals surface area contributed by atoms with Gasteiger partial charge in [-0.2, -0.15) is 0 Å². The number of Topliss-reactive ketones (excluding diaryl/α,β-unsaturated/α-hetero) is 1. The van der Waals surface area contributed by atoms with Gasteiger partial charge in [-0.3, -0.25) is 28.8 Å². The third-order valence-electron chi connectivity index (χ3n) is 7.00. The highest BCUT2D eigenvalue weighted by Gasteiger charge is 2.40. The number of aliphatic carboxylic acids is 3. The van der Waals surface area contributed by atoms with Crippen LogP contribution in [0, 0.1) is 11.7 Å². The number of nitrogens with zero attached hydrogens (tertiary/aromatic N) is 1. The Morgan fingerprint density at radius 2 is 1.75 bits per heavy atom. The van der Waals surface area contributed by atoms with Crippen molar-refractivity contribution in [1.82, 2.24) is 15.5 Å². The average molecular weight is 655 g/mol. The lowest BCUT2D eigenvalue weighted by Gasteiger charge is -2.37. The SMILES string of the molecule is NC(CCC(=O)NC(CSSC1CCN(Cc2ccccc2F)C(C(=O)C2CC2)=C1CC(=O)O)C(=O)NCC(=O)O)C(=O)O. The summed E-state index contributed by atoms with van der Waals surface area (Å²) in [5, 5.41) is 31.8. The van der Waals surface area contributed by atoms with Crippen molar-refractivity contribution in [3.63, 3.8) is 0 Å². The van der Waals surface area contributed by atoms with Crippen LogP contribution in [0.4, 0.5) is 4.39 Å². The van der Waals surface area contributed by atoms with Crippen LogP contribution in [0.5, 0.6) is 0 Å². The molecule has 3 unspecified atom stereocenters. The Hall–Kier alpha value is -3.63. The number of amides is 2. The van der Waals surface area contributed by atoms with Gasteiger partial charge in [0.05, 0.1) is 12.1 Å². The monoisotopic (exact) mass is 654 g/mol. The van der Waals surface area contributed by atoms with Gasteiger partial charge in [-0.1, -0.05) is 39.8 Å². The number of rotatable bonds is 18. The smallest absolute Gasteiger partial charge is 0.322 e. The molecule has 0 aromatic heterocycles. The summed E-state index contributed by atoms with van der Waals surface area (Å²) in [4.78, 5) is 74.1. The van der Waals surface area contributed by atoms with E-state index in [1.54, 1.807) is 23.1 Å². The molecule has 2 aliphatic rings. The molecule has 3 atom stereocenters. The van der Waals surface area contributed by atoms with Gasteiger partial charge in [-0.15, -0.1) is 0 Å². The lowest BCUT2D eigenvalue weighted by molar-refractivity contribution is -0.139. The summed E-state index contributed by atoms with van der Waals surface area (Å²) >= 11 is 0. The highest BCUT2D eigenvalue weighted by molar-refractivity contribution is 8.77. The van der Waals surface area contributed by atoms with Crippen molar-refractivity contribution in [2.24, 2.45) is 11.7 Å². The van der Waals surface area contributed by atoms with Crippen LogP contribution in [0.15, 0.2) is 35.5 Å². The molecule has 0 radical (unpaired) electrons. The fourth-order valence-corrected chi connectivity index (χ4v) is 7.46. The molecule has 16 heteroatoms. The molecule has 2 amide bonds. The van der Waals surface area contributed by atoms with Crippen LogP contribution in [-0.4, -0.2) is 91.9 Å². The molecule has 1 fully saturated rings. The molecule has 0 bridgehead atoms. The maximum Gasteiger partial charge on any atom is 0.322 e. The molecule has 3 rings (SSSR count). The number of ketones is 1. The number of benzene rings is 1. The first-order chi connectivity index (χ1) is 20.9. The lowest BCUT2D eigenvalue weighted by Crippen LogP contribution is -2.49. The summed E-state index contributed by atoms with van der Waals surface area (Å²) in [7, 11) is 2.36. The van der Waals surface area contributed by atoms with E-state index in [-0.39, 0.29) is 42.5 Å². The van der Waals surface area contributed by atoms with Crippen molar-refractivity contribution in [3.05, 3.63) is 46.9 Å². The molecule has 1 aliphatic heterocycles. The number of carboxylic acids is 3. The van der Waals surface area contributed by atoms with E-state index in [2.05, 4.69) is 10.6 Å². The van der Waals surface area contributed by atoms with Crippen LogP contribution in [0.2, 0.25) is 0 Å². The molecule has 0 saturated heterocycles. The number of nitrogens with one attached hydrogen (secondary N) is 2. The third kappa shape index (κ3) is 10.5. The normalized spacial score (nSPS) is 17.9. The molecule has 13 nitrogen and oxygen atoms in total. The quantitative estimate of drug-likeness (QED) is 0.123. The largest absolute Gasteiger partial charge is 0.481 e. The van der Waals surface area contributed by atoms with E-state index in [4.69, 9.17) is 15.9 Å². The van der Waals surface area contributed by atoms with Crippen LogP contribution < -0.4 is 16.4 Å². The zero-order valence-electron chi connectivity index (χ0n) is 23.7. The standard InChI is InChI=1S/C28H35FN4O9S2/c29-18-4-2-1-3-16(18)13-33-10-9-21(17(11-23(35)36)25(33)26(39)15-5-6-15)44-43-14-20(27(40)31-12-24(37)38)32-22(34)8-7-19(30)28(41)42/h1-4,15,19-21H,5-14,30H2,(H,31,40)(H,32,34)(H,35,36)(H,37,38)(H,41,42). The Balaban J connectivity index is 1.78. The van der Waals surface area contributed by atoms with Gasteiger partial charge in [-0.05, 0) is 37.3 Å². The van der Waals surface area contributed by atoms with Gasteiger partial charge < -0.3 is 36.6 Å². The van der Waals surface area contributed by atoms with Crippen molar-refractivity contribution < 1.29 is 48.5 Å². The van der Waals surface area contributed by atoms with Crippen molar-refractivity contribution in [2.45, 2.75) is 62.4 Å². The second-order valence-electron chi connectivity index (χ2n) is 10.5. The van der Waals surface area contributed by atoms with Gasteiger partial charge in [0.15, 0.2) is 5.78 Å². The number of halogens is 1. The van der Waals surface area contributed by atoms with Crippen LogP contribution in [-0.2, 0) is 35.3 Å². The van der Waals surface area contributed by atoms with Crippen molar-refractivity contribution in [3.8, 4) is 0 Å². The highest BCUT2D eigenvalue weighted by atomic mass is 33.1. The van der Waals surface area contributed by atoms with Gasteiger partial charge in [0.2, 0.25) is 11.8 Å². The first-order valence-electron chi connectivity index (χ1n) is 13.9. The predicted molar refractivity (Wildman–Crippen MR) is 160 cm³/mol. The van der Waals surface area contributed by atoms with E-state index < -0.39 is 65.8 Å². The van der Waals surface area contributed by atoms with Gasteiger partial charge in [0, 0.05) is 42.0 Å². The van der Waals surface area contributed by atoms with Crippen LogP contribution in [0.25, 0.3) is 0 Å². The molecule has 240 valence electrons. The summed E-state index contributed by atoms with van der Waals surface area (Å²) in [5.41, 5.74) is 6.49. The number of carbonyl (C=O) groups excluding carboxylic acids is 3. The second-order valence-corrected chi connectivity index (χ2v) is 13.1. The topological polar surface area (TPSA) is 216 Å². The maximum absolute atomic E-state index is 14.5. The van der Waals surface area contributed by atoms with Gasteiger partial charge in [0.25, 0.3) is 0 Å². The first-order valence-corrected chi connectivity index (χ1v) is 16.3. The fourth-order valence-electron chi connectivity index (χ4n) is 4.56. The minimum absolute atomic E-state index is 0.0471. The van der Waals surface area contributed by atoms with Crippen LogP contribution in [0.1, 0.15) is 44.1 Å². The van der Waals surface area contributed by atoms with E-state index in [0.29, 0.717) is 36.9 Å². The summed E-state index contributed by atoms with van der Waals surface area (Å²) in [6, 6.07) is 3.71. The molecule has 1 aromatic carbocycles. The van der Waals surface area contributed by atoms with Crippen LogP contribution in [0.3, 0.4) is 0 Å². The molecule has 7 N–H and O–H groups in total. The zero-order chi connectivity index (χ0) is 32.4. The zero-order valence-corrected chi connectivity index (χ0v) is 25.3. The molecule has 0 spiro atoms. The minimum Gasteiger partial charge on any atom is -0.481 e. The lowest BCUT2D eigenvalue weighted by atomic mass is 9.94. The van der Waals surface area contributed by atoms with E-state index in [1.807, 2.05) is 0 Å². The van der Waals surface area contributed by atoms with E-state index in [0.717, 1.165) is 10.8 Å². The number of nitrogens with two attached hydrogens (primary N) is 1. The predicted octanol–water partition coefficient (Wildman–Crippen LogP) is 1.37. The Morgan fingerprint density at radius 3 is 2.36 bits per heavy atom. The average Bonchev–Trinajstić information content (AvgIpc) is 3.81. The number of hydrogen-bond donors (Lipinski definition) is 6. The van der Waals surface area contributed by atoms with Crippen molar-refractivity contribution >= 4 is 57.1 Å². The van der Waals surface area contributed by atoms with E-state index in [9.17, 15) is 38.3 Å². The third-order valence-corrected chi connectivity index (χ3v) is 9.87. The van der Waals surface area contributed by atoms with E-state index in [1.165, 1.54) is 16.9 Å². The Kier molecular flexibility index (Phi) is 13.0. The molecule has 1 heterocycles. The molecule has 1 aliphatic carbocycles. The molecule has 1 aromatic rings. The first kappa shape index (κ1) is 34.9. The Bertz CT molecular complexity index is 1310. The number of hydrogen-bond acceptors (Lipinski definition) is 10. The second kappa shape index (κ2) is 16.4.